The lowest BCUT2D eigenvalue weighted by atomic mass is 9.86. The van der Waals surface area contributed by atoms with E-state index in [4.69, 9.17) is 0 Å². The summed E-state index contributed by atoms with van der Waals surface area (Å²) in [6, 6.07) is 6.73. The molecule has 154 valence electrons. The molecule has 0 radical (unpaired) electrons. The molecule has 2 aromatic rings. The molecule has 8 heteroatoms. The second-order valence-electron chi connectivity index (χ2n) is 7.74. The molecule has 0 spiro atoms. The van der Waals surface area contributed by atoms with Gasteiger partial charge < -0.3 is 20.3 Å². The predicted octanol–water partition coefficient (Wildman–Crippen LogP) is 3.90. The number of benzene rings is 1. The molecule has 3 N–H and O–H groups in total. The number of urea groups is 1. The van der Waals surface area contributed by atoms with E-state index in [2.05, 4.69) is 15.6 Å². The topological polar surface area (TPSA) is 96.3 Å². The van der Waals surface area contributed by atoms with E-state index in [1.165, 1.54) is 11.8 Å². The summed E-state index contributed by atoms with van der Waals surface area (Å²) >= 11 is 1.52. The van der Waals surface area contributed by atoms with E-state index in [1.54, 1.807) is 0 Å². The minimum Gasteiger partial charge on any atom is -0.480 e. The lowest BCUT2D eigenvalue weighted by Crippen LogP contribution is -2.36. The molecule has 1 unspecified atom stereocenters. The highest BCUT2D eigenvalue weighted by molar-refractivity contribution is 7.99. The van der Waals surface area contributed by atoms with Crippen molar-refractivity contribution in [2.24, 2.45) is 5.41 Å². The fraction of sp³-hybridized carbons (Fsp3) is 0.550. The third-order valence-corrected chi connectivity index (χ3v) is 5.29. The molecule has 0 fully saturated rings. The van der Waals surface area contributed by atoms with Gasteiger partial charge in [-0.2, -0.15) is 0 Å². The van der Waals surface area contributed by atoms with Gasteiger partial charge in [0, 0.05) is 18.8 Å². The van der Waals surface area contributed by atoms with Crippen molar-refractivity contribution in [1.29, 1.82) is 0 Å². The third kappa shape index (κ3) is 5.64. The number of carbonyl (C=O) groups excluding carboxylic acids is 1. The average molecular weight is 407 g/mol. The van der Waals surface area contributed by atoms with Crippen molar-refractivity contribution in [2.45, 2.75) is 51.7 Å². The first kappa shape index (κ1) is 22.1. The molecular formula is C20H30N4O3S. The molecule has 1 heterocycles. The third-order valence-electron chi connectivity index (χ3n) is 4.25. The maximum atomic E-state index is 12.1. The van der Waals surface area contributed by atoms with E-state index in [0.29, 0.717) is 18.2 Å². The van der Waals surface area contributed by atoms with Gasteiger partial charge in [-0.1, -0.05) is 51.6 Å². The largest absolute Gasteiger partial charge is 0.480 e. The molecule has 0 aliphatic carbocycles. The van der Waals surface area contributed by atoms with E-state index in [-0.39, 0.29) is 6.03 Å². The number of carboxylic acids is 1. The summed E-state index contributed by atoms with van der Waals surface area (Å²) in [5, 5.41) is 16.2. The van der Waals surface area contributed by atoms with Crippen LogP contribution < -0.4 is 10.6 Å². The summed E-state index contributed by atoms with van der Waals surface area (Å²) in [6.45, 7) is 9.00. The lowest BCUT2D eigenvalue weighted by Gasteiger charge is -2.29. The van der Waals surface area contributed by atoms with Crippen molar-refractivity contribution >= 4 is 34.8 Å². The summed E-state index contributed by atoms with van der Waals surface area (Å²) < 4.78 is 1.84. The Hall–Kier alpha value is -2.22. The number of para-hydroxylation sites is 2. The molecule has 0 aliphatic rings. The van der Waals surface area contributed by atoms with Gasteiger partial charge in [-0.05, 0) is 30.4 Å². The highest BCUT2D eigenvalue weighted by Crippen LogP contribution is 2.37. The number of aromatic nitrogens is 2. The number of imidazole rings is 1. The Morgan fingerprint density at radius 1 is 1.21 bits per heavy atom. The average Bonchev–Trinajstić information content (AvgIpc) is 2.96. The Morgan fingerprint density at radius 2 is 1.89 bits per heavy atom. The summed E-state index contributed by atoms with van der Waals surface area (Å²) in [4.78, 5) is 28.3. The zero-order chi connectivity index (χ0) is 20.7. The molecular weight excluding hydrogens is 376 g/mol. The molecule has 1 aromatic carbocycles. The number of carboxylic acid groups (broad SMARTS) is 1. The highest BCUT2D eigenvalue weighted by Gasteiger charge is 2.35. The number of aliphatic carboxylic acids is 1. The van der Waals surface area contributed by atoms with E-state index >= 15 is 0 Å². The van der Waals surface area contributed by atoms with Gasteiger partial charge in [0.1, 0.15) is 6.04 Å². The highest BCUT2D eigenvalue weighted by atomic mass is 32.2. The van der Waals surface area contributed by atoms with Crippen LogP contribution >= 0.6 is 11.8 Å². The van der Waals surface area contributed by atoms with Crippen LogP contribution in [0.15, 0.2) is 29.4 Å². The monoisotopic (exact) mass is 406 g/mol. The predicted molar refractivity (Wildman–Crippen MR) is 113 cm³/mol. The standard InChI is InChI=1S/C20H30N4O3S/c1-5-11-21-18(27)22-12-8-13-28-19-23-14-9-6-7-10-15(14)24(19)16(17(25)26)20(2,3)4/h6-7,9-10,16H,5,8,11-13H2,1-4H3,(H,25,26)(H2,21,22,27). The Kier molecular flexibility index (Phi) is 7.74. The normalized spacial score (nSPS) is 12.7. The van der Waals surface area contributed by atoms with Crippen molar-refractivity contribution in [3.8, 4) is 0 Å². The van der Waals surface area contributed by atoms with Gasteiger partial charge in [-0.15, -0.1) is 0 Å². The lowest BCUT2D eigenvalue weighted by molar-refractivity contribution is -0.144. The molecule has 0 bridgehead atoms. The van der Waals surface area contributed by atoms with Gasteiger partial charge in [-0.25, -0.2) is 14.6 Å². The first-order chi connectivity index (χ1) is 13.3. The van der Waals surface area contributed by atoms with Crippen LogP contribution in [0.1, 0.15) is 46.6 Å². The minimum absolute atomic E-state index is 0.155. The molecule has 2 amide bonds. The molecule has 7 nitrogen and oxygen atoms in total. The second-order valence-corrected chi connectivity index (χ2v) is 8.81. The maximum absolute atomic E-state index is 12.1. The van der Waals surface area contributed by atoms with Crippen LogP contribution in [0.3, 0.4) is 0 Å². The van der Waals surface area contributed by atoms with Gasteiger partial charge in [-0.3, -0.25) is 0 Å². The molecule has 2 rings (SSSR count). The number of nitrogens with zero attached hydrogens (tertiary/aromatic N) is 2. The summed E-state index contributed by atoms with van der Waals surface area (Å²) in [6.07, 6.45) is 1.67. The van der Waals surface area contributed by atoms with E-state index < -0.39 is 17.4 Å². The first-order valence-electron chi connectivity index (χ1n) is 9.60. The van der Waals surface area contributed by atoms with Gasteiger partial charge in [0.15, 0.2) is 5.16 Å². The van der Waals surface area contributed by atoms with E-state index in [9.17, 15) is 14.7 Å². The van der Waals surface area contributed by atoms with Crippen molar-refractivity contribution in [3.05, 3.63) is 24.3 Å². The number of carbonyl (C=O) groups is 2. The number of thioether (sulfide) groups is 1. The number of fused-ring (bicyclic) bond motifs is 1. The Labute approximate surface area is 170 Å². The number of amides is 2. The van der Waals surface area contributed by atoms with Crippen LogP contribution in [-0.2, 0) is 4.79 Å². The first-order valence-corrected chi connectivity index (χ1v) is 10.6. The van der Waals surface area contributed by atoms with Crippen LogP contribution in [0.25, 0.3) is 11.0 Å². The molecule has 1 aromatic heterocycles. The molecule has 1 atom stereocenters. The summed E-state index contributed by atoms with van der Waals surface area (Å²) in [5.74, 6) is -0.139. The van der Waals surface area contributed by atoms with Crippen molar-refractivity contribution < 1.29 is 14.7 Å². The van der Waals surface area contributed by atoms with Crippen molar-refractivity contribution in [2.75, 3.05) is 18.8 Å². The fourth-order valence-electron chi connectivity index (χ4n) is 2.98. The van der Waals surface area contributed by atoms with Gasteiger partial charge in [0.2, 0.25) is 0 Å². The molecule has 0 saturated carbocycles. The van der Waals surface area contributed by atoms with Crippen LogP contribution in [0.4, 0.5) is 4.79 Å². The quantitative estimate of drug-likeness (QED) is 0.433. The Bertz CT molecular complexity index is 813. The zero-order valence-corrected chi connectivity index (χ0v) is 17.8. The van der Waals surface area contributed by atoms with Crippen LogP contribution in [0, 0.1) is 5.41 Å². The molecule has 0 saturated heterocycles. The Morgan fingerprint density at radius 3 is 2.54 bits per heavy atom. The van der Waals surface area contributed by atoms with Crippen LogP contribution in [0.2, 0.25) is 0 Å². The molecule has 0 aliphatic heterocycles. The summed E-state index contributed by atoms with van der Waals surface area (Å²) in [5.41, 5.74) is 1.14. The Balaban J connectivity index is 2.12. The SMILES string of the molecule is CCCNC(=O)NCCCSc1nc2ccccc2n1C(C(=O)O)C(C)(C)C. The van der Waals surface area contributed by atoms with E-state index in [1.807, 2.05) is 56.5 Å². The number of hydrogen-bond acceptors (Lipinski definition) is 4. The van der Waals surface area contributed by atoms with Gasteiger partial charge in [0.05, 0.1) is 11.0 Å². The number of hydrogen-bond donors (Lipinski definition) is 3. The maximum Gasteiger partial charge on any atom is 0.327 e. The summed E-state index contributed by atoms with van der Waals surface area (Å²) in [7, 11) is 0. The van der Waals surface area contributed by atoms with Gasteiger partial charge in [0.25, 0.3) is 0 Å². The molecule has 28 heavy (non-hydrogen) atoms. The van der Waals surface area contributed by atoms with Crippen LogP contribution in [0.5, 0.6) is 0 Å². The van der Waals surface area contributed by atoms with Crippen molar-refractivity contribution in [3.63, 3.8) is 0 Å². The fourth-order valence-corrected chi connectivity index (χ4v) is 3.96. The number of nitrogens with one attached hydrogen (secondary N) is 2. The van der Waals surface area contributed by atoms with Crippen molar-refractivity contribution in [1.82, 2.24) is 20.2 Å². The second kappa shape index (κ2) is 9.82. The van der Waals surface area contributed by atoms with Crippen LogP contribution in [-0.4, -0.2) is 45.5 Å². The van der Waals surface area contributed by atoms with E-state index in [0.717, 1.165) is 29.6 Å². The minimum atomic E-state index is -0.869. The smallest absolute Gasteiger partial charge is 0.327 e. The zero-order valence-electron chi connectivity index (χ0n) is 17.0. The van der Waals surface area contributed by atoms with Gasteiger partial charge >= 0.3 is 12.0 Å². The number of rotatable bonds is 9.